The lowest BCUT2D eigenvalue weighted by molar-refractivity contribution is 0.199. The van der Waals surface area contributed by atoms with E-state index < -0.39 is 15.9 Å². The molecule has 1 N–H and O–H groups in total. The highest BCUT2D eigenvalue weighted by atomic mass is 79.9. The third kappa shape index (κ3) is 4.06. The maximum absolute atomic E-state index is 11.5. The number of sulfone groups is 1. The number of rotatable bonds is 4. The average Bonchev–Trinajstić information content (AvgIpc) is 2.40. The van der Waals surface area contributed by atoms with Crippen molar-refractivity contribution in [3.8, 4) is 11.5 Å². The second-order valence-corrected chi connectivity index (χ2v) is 7.58. The van der Waals surface area contributed by atoms with Crippen LogP contribution in [0.5, 0.6) is 11.5 Å². The first-order valence-electron chi connectivity index (χ1n) is 6.23. The van der Waals surface area contributed by atoms with E-state index in [9.17, 15) is 13.5 Å². The first kappa shape index (κ1) is 16.0. The lowest BCUT2D eigenvalue weighted by atomic mass is 10.1. The summed E-state index contributed by atoms with van der Waals surface area (Å²) in [5.74, 6) is 0.980. The average molecular weight is 371 g/mol. The Morgan fingerprint density at radius 2 is 1.90 bits per heavy atom. The zero-order valence-electron chi connectivity index (χ0n) is 11.6. The quantitative estimate of drug-likeness (QED) is 0.890. The Kier molecular flexibility index (Phi) is 4.70. The van der Waals surface area contributed by atoms with Gasteiger partial charge >= 0.3 is 0 Å². The molecule has 0 radical (unpaired) electrons. The fourth-order valence-electron chi connectivity index (χ4n) is 1.76. The van der Waals surface area contributed by atoms with Crippen LogP contribution in [0.1, 0.15) is 18.6 Å². The molecule has 0 saturated heterocycles. The van der Waals surface area contributed by atoms with Gasteiger partial charge in [-0.1, -0.05) is 12.1 Å². The molecule has 0 aliphatic rings. The smallest absolute Gasteiger partial charge is 0.175 e. The molecular formula is C15H15BrO4S. The second kappa shape index (κ2) is 6.17. The van der Waals surface area contributed by atoms with Crippen LogP contribution >= 0.6 is 15.9 Å². The van der Waals surface area contributed by atoms with Gasteiger partial charge in [0.25, 0.3) is 0 Å². The molecule has 0 bridgehead atoms. The lowest BCUT2D eigenvalue weighted by Crippen LogP contribution is -1.97. The van der Waals surface area contributed by atoms with Crippen molar-refractivity contribution in [2.45, 2.75) is 17.9 Å². The predicted molar refractivity (Wildman–Crippen MR) is 84.4 cm³/mol. The Hall–Kier alpha value is -1.37. The largest absolute Gasteiger partial charge is 0.456 e. The van der Waals surface area contributed by atoms with Crippen molar-refractivity contribution in [3.05, 3.63) is 52.5 Å². The minimum absolute atomic E-state index is 0.205. The highest BCUT2D eigenvalue weighted by Crippen LogP contribution is 2.32. The topological polar surface area (TPSA) is 63.6 Å². The lowest BCUT2D eigenvalue weighted by Gasteiger charge is -2.11. The third-order valence-corrected chi connectivity index (χ3v) is 4.63. The van der Waals surface area contributed by atoms with E-state index in [1.807, 2.05) is 0 Å². The number of hydrogen-bond acceptors (Lipinski definition) is 4. The molecule has 0 fully saturated rings. The summed E-state index contributed by atoms with van der Waals surface area (Å²) in [5, 5.41) is 9.53. The molecule has 0 unspecified atom stereocenters. The van der Waals surface area contributed by atoms with Crippen molar-refractivity contribution in [2.75, 3.05) is 6.26 Å². The number of aliphatic hydroxyl groups excluding tert-OH is 1. The number of aliphatic hydroxyl groups is 1. The molecule has 2 rings (SSSR count). The molecule has 2 aromatic rings. The Balaban J connectivity index is 2.31. The maximum Gasteiger partial charge on any atom is 0.175 e. The molecule has 21 heavy (non-hydrogen) atoms. The molecule has 4 nitrogen and oxygen atoms in total. The van der Waals surface area contributed by atoms with Gasteiger partial charge in [0.05, 0.1) is 15.5 Å². The third-order valence-electron chi connectivity index (χ3n) is 2.90. The fourth-order valence-corrected chi connectivity index (χ4v) is 2.89. The van der Waals surface area contributed by atoms with Gasteiger partial charge in [-0.2, -0.15) is 0 Å². The minimum Gasteiger partial charge on any atom is -0.456 e. The summed E-state index contributed by atoms with van der Waals surface area (Å²) in [6, 6.07) is 11.6. The summed E-state index contributed by atoms with van der Waals surface area (Å²) < 4.78 is 29.4. The van der Waals surface area contributed by atoms with Crippen molar-refractivity contribution >= 4 is 25.8 Å². The number of hydrogen-bond donors (Lipinski definition) is 1. The van der Waals surface area contributed by atoms with E-state index >= 15 is 0 Å². The summed E-state index contributed by atoms with van der Waals surface area (Å²) in [4.78, 5) is 0.205. The van der Waals surface area contributed by atoms with E-state index in [0.717, 1.165) is 11.8 Å². The van der Waals surface area contributed by atoms with Gasteiger partial charge in [-0.25, -0.2) is 8.42 Å². The molecule has 6 heteroatoms. The van der Waals surface area contributed by atoms with Crippen LogP contribution in [-0.2, 0) is 9.84 Å². The molecular weight excluding hydrogens is 356 g/mol. The summed E-state index contributed by atoms with van der Waals surface area (Å²) in [5.41, 5.74) is 0.763. The SMILES string of the molecule is C[C@H](O)c1ccc(Oc2cccc(S(C)(=O)=O)c2)c(Br)c1. The van der Waals surface area contributed by atoms with Crippen LogP contribution in [0, 0.1) is 0 Å². The Morgan fingerprint density at radius 3 is 2.48 bits per heavy atom. The van der Waals surface area contributed by atoms with E-state index in [-0.39, 0.29) is 4.90 Å². The van der Waals surface area contributed by atoms with Crippen LogP contribution in [0.4, 0.5) is 0 Å². The highest BCUT2D eigenvalue weighted by Gasteiger charge is 2.10. The normalized spacial score (nSPS) is 13.0. The molecule has 0 saturated carbocycles. The van der Waals surface area contributed by atoms with Crippen molar-refractivity contribution < 1.29 is 18.3 Å². The zero-order chi connectivity index (χ0) is 15.6. The molecule has 2 aromatic carbocycles. The van der Waals surface area contributed by atoms with Crippen LogP contribution in [0.25, 0.3) is 0 Å². The van der Waals surface area contributed by atoms with Crippen molar-refractivity contribution in [2.24, 2.45) is 0 Å². The first-order valence-corrected chi connectivity index (χ1v) is 8.91. The van der Waals surface area contributed by atoms with Gasteiger partial charge in [-0.3, -0.25) is 0 Å². The summed E-state index contributed by atoms with van der Waals surface area (Å²) >= 11 is 3.38. The van der Waals surface area contributed by atoms with Gasteiger partial charge in [0, 0.05) is 6.26 Å². The summed E-state index contributed by atoms with van der Waals surface area (Å²) in [7, 11) is -3.27. The minimum atomic E-state index is -3.27. The monoisotopic (exact) mass is 370 g/mol. The zero-order valence-corrected chi connectivity index (χ0v) is 14.0. The molecule has 0 aliphatic carbocycles. The van der Waals surface area contributed by atoms with Crippen molar-refractivity contribution in [1.29, 1.82) is 0 Å². The van der Waals surface area contributed by atoms with Crippen LogP contribution < -0.4 is 4.74 Å². The molecule has 0 amide bonds. The van der Waals surface area contributed by atoms with Crippen LogP contribution in [-0.4, -0.2) is 19.8 Å². The van der Waals surface area contributed by atoms with Gasteiger partial charge in [0.15, 0.2) is 9.84 Å². The molecule has 0 aliphatic heterocycles. The van der Waals surface area contributed by atoms with Crippen molar-refractivity contribution in [1.82, 2.24) is 0 Å². The van der Waals surface area contributed by atoms with Gasteiger partial charge in [0.2, 0.25) is 0 Å². The van der Waals surface area contributed by atoms with Gasteiger partial charge in [-0.05, 0) is 58.7 Å². The first-order chi connectivity index (χ1) is 9.77. The Morgan fingerprint density at radius 1 is 1.19 bits per heavy atom. The summed E-state index contributed by atoms with van der Waals surface area (Å²) in [6.45, 7) is 1.68. The van der Waals surface area contributed by atoms with Crippen LogP contribution in [0.15, 0.2) is 51.8 Å². The van der Waals surface area contributed by atoms with Gasteiger partial charge in [-0.15, -0.1) is 0 Å². The Bertz CT molecular complexity index is 754. The van der Waals surface area contributed by atoms with E-state index in [0.29, 0.717) is 16.0 Å². The van der Waals surface area contributed by atoms with E-state index in [2.05, 4.69) is 15.9 Å². The van der Waals surface area contributed by atoms with E-state index in [1.54, 1.807) is 37.3 Å². The van der Waals surface area contributed by atoms with Gasteiger partial charge < -0.3 is 9.84 Å². The second-order valence-electron chi connectivity index (χ2n) is 4.71. The Labute approximate surface area is 132 Å². The van der Waals surface area contributed by atoms with Crippen LogP contribution in [0.3, 0.4) is 0 Å². The van der Waals surface area contributed by atoms with E-state index in [4.69, 9.17) is 4.74 Å². The molecule has 1 atom stereocenters. The maximum atomic E-state index is 11.5. The highest BCUT2D eigenvalue weighted by molar-refractivity contribution is 9.10. The molecule has 112 valence electrons. The van der Waals surface area contributed by atoms with Crippen LogP contribution in [0.2, 0.25) is 0 Å². The number of benzene rings is 2. The predicted octanol–water partition coefficient (Wildman–Crippen LogP) is 3.70. The van der Waals surface area contributed by atoms with Crippen molar-refractivity contribution in [3.63, 3.8) is 0 Å². The molecule has 0 aromatic heterocycles. The molecule has 0 heterocycles. The summed E-state index contributed by atoms with van der Waals surface area (Å²) in [6.07, 6.45) is 0.586. The number of ether oxygens (including phenoxy) is 1. The van der Waals surface area contributed by atoms with E-state index in [1.165, 1.54) is 12.1 Å². The fraction of sp³-hybridized carbons (Fsp3) is 0.200. The molecule has 0 spiro atoms. The van der Waals surface area contributed by atoms with Gasteiger partial charge in [0.1, 0.15) is 11.5 Å². The standard InChI is InChI=1S/C15H15BrO4S/c1-10(17)11-6-7-15(14(16)8-11)20-12-4-3-5-13(9-12)21(2,18)19/h3-10,17H,1-2H3/t10-/m0/s1. The number of halogens is 1.